The lowest BCUT2D eigenvalue weighted by molar-refractivity contribution is 0.0726. The first-order valence-corrected chi connectivity index (χ1v) is 8.78. The molecule has 0 aliphatic carbocycles. The van der Waals surface area contributed by atoms with Crippen LogP contribution < -0.4 is 5.56 Å². The Morgan fingerprint density at radius 3 is 2.96 bits per heavy atom. The zero-order valence-electron chi connectivity index (χ0n) is 14.7. The van der Waals surface area contributed by atoms with Gasteiger partial charge in [0.25, 0.3) is 17.2 Å². The van der Waals surface area contributed by atoms with Crippen molar-refractivity contribution < 1.29 is 4.79 Å². The number of fused-ring (bicyclic) bond motifs is 2. The fraction of sp³-hybridized carbons (Fsp3) is 0.278. The van der Waals surface area contributed by atoms with Gasteiger partial charge in [0.2, 0.25) is 0 Å². The Bertz CT molecular complexity index is 1240. The number of imidazole rings is 1. The average Bonchev–Trinajstić information content (AvgIpc) is 3.40. The van der Waals surface area contributed by atoms with E-state index in [0.29, 0.717) is 6.54 Å². The van der Waals surface area contributed by atoms with E-state index in [9.17, 15) is 9.59 Å². The monoisotopic (exact) mass is 363 g/mol. The quantitative estimate of drug-likeness (QED) is 0.578. The molecule has 4 heterocycles. The van der Waals surface area contributed by atoms with E-state index >= 15 is 0 Å². The maximum absolute atomic E-state index is 13.1. The predicted molar refractivity (Wildman–Crippen MR) is 97.3 cm³/mol. The van der Waals surface area contributed by atoms with E-state index in [4.69, 9.17) is 4.98 Å². The molecule has 4 aromatic rings. The number of likely N-dealkylation sites (tertiary alicyclic amines) is 1. The van der Waals surface area contributed by atoms with Crippen LogP contribution in [0.4, 0.5) is 0 Å². The van der Waals surface area contributed by atoms with Crippen LogP contribution in [0.25, 0.3) is 16.8 Å². The number of benzene rings is 1. The summed E-state index contributed by atoms with van der Waals surface area (Å²) >= 11 is 0. The first-order valence-electron chi connectivity index (χ1n) is 8.78. The third kappa shape index (κ3) is 2.28. The number of carbonyl (C=O) groups excluding carboxylic acids is 1. The third-order valence-electron chi connectivity index (χ3n) is 5.17. The Morgan fingerprint density at radius 1 is 1.26 bits per heavy atom. The number of para-hydroxylation sites is 2. The average molecular weight is 363 g/mol. The first-order chi connectivity index (χ1) is 13.1. The number of aryl methyl sites for hydroxylation is 1. The zero-order valence-corrected chi connectivity index (χ0v) is 14.7. The molecule has 5 rings (SSSR count). The number of aromatic nitrogens is 6. The van der Waals surface area contributed by atoms with Crippen LogP contribution in [0, 0.1) is 0 Å². The van der Waals surface area contributed by atoms with Gasteiger partial charge in [-0.25, -0.2) is 15.0 Å². The largest absolute Gasteiger partial charge is 0.329 e. The van der Waals surface area contributed by atoms with E-state index in [1.807, 2.05) is 35.9 Å². The van der Waals surface area contributed by atoms with Gasteiger partial charge in [-0.2, -0.15) is 4.52 Å². The van der Waals surface area contributed by atoms with Crippen molar-refractivity contribution in [2.24, 2.45) is 7.05 Å². The molecule has 1 fully saturated rings. The van der Waals surface area contributed by atoms with Crippen LogP contribution in [0.15, 0.2) is 41.6 Å². The van der Waals surface area contributed by atoms with Gasteiger partial charge in [-0.1, -0.05) is 12.1 Å². The van der Waals surface area contributed by atoms with Crippen molar-refractivity contribution in [3.05, 3.63) is 58.5 Å². The molecule has 9 nitrogen and oxygen atoms in total. The fourth-order valence-corrected chi connectivity index (χ4v) is 3.84. The second-order valence-corrected chi connectivity index (χ2v) is 6.67. The van der Waals surface area contributed by atoms with Gasteiger partial charge in [0, 0.05) is 19.8 Å². The van der Waals surface area contributed by atoms with Crippen LogP contribution in [0.2, 0.25) is 0 Å². The van der Waals surface area contributed by atoms with Gasteiger partial charge in [-0.05, 0) is 25.0 Å². The van der Waals surface area contributed by atoms with E-state index in [1.165, 1.54) is 17.0 Å². The number of hydrogen-bond donors (Lipinski definition) is 1. The maximum Gasteiger partial charge on any atom is 0.286 e. The summed E-state index contributed by atoms with van der Waals surface area (Å²) in [7, 11) is 1.96. The summed E-state index contributed by atoms with van der Waals surface area (Å²) < 4.78 is 3.20. The molecule has 9 heteroatoms. The number of rotatable bonds is 2. The molecule has 0 bridgehead atoms. The molecule has 3 aromatic heterocycles. The number of aromatic amines is 1. The molecular weight excluding hydrogens is 346 g/mol. The molecule has 1 amide bonds. The molecule has 0 unspecified atom stereocenters. The fourth-order valence-electron chi connectivity index (χ4n) is 3.84. The minimum atomic E-state index is -0.446. The summed E-state index contributed by atoms with van der Waals surface area (Å²) in [5.41, 5.74) is 1.50. The number of nitrogens with one attached hydrogen (secondary N) is 1. The van der Waals surface area contributed by atoms with E-state index in [2.05, 4.69) is 15.1 Å². The molecule has 0 spiro atoms. The van der Waals surface area contributed by atoms with E-state index in [1.54, 1.807) is 4.90 Å². The third-order valence-corrected chi connectivity index (χ3v) is 5.17. The zero-order chi connectivity index (χ0) is 18.5. The summed E-state index contributed by atoms with van der Waals surface area (Å²) in [6, 6.07) is 7.72. The lowest BCUT2D eigenvalue weighted by Crippen LogP contribution is -2.36. The van der Waals surface area contributed by atoms with Crippen LogP contribution in [-0.2, 0) is 7.05 Å². The van der Waals surface area contributed by atoms with Gasteiger partial charge < -0.3 is 9.47 Å². The molecular formula is C18H17N7O2. The summed E-state index contributed by atoms with van der Waals surface area (Å²) in [5, 5.41) is 2.69. The van der Waals surface area contributed by atoms with Gasteiger partial charge in [0.15, 0.2) is 0 Å². The van der Waals surface area contributed by atoms with Gasteiger partial charge in [0.05, 0.1) is 17.1 Å². The molecule has 1 saturated heterocycles. The van der Waals surface area contributed by atoms with E-state index in [0.717, 1.165) is 29.7 Å². The van der Waals surface area contributed by atoms with Crippen LogP contribution in [-0.4, -0.2) is 46.5 Å². The summed E-state index contributed by atoms with van der Waals surface area (Å²) in [6.07, 6.45) is 4.35. The van der Waals surface area contributed by atoms with Crippen LogP contribution >= 0.6 is 0 Å². The van der Waals surface area contributed by atoms with Crippen LogP contribution in [0.5, 0.6) is 0 Å². The number of carbonyl (C=O) groups is 1. The van der Waals surface area contributed by atoms with Crippen LogP contribution in [0.1, 0.15) is 35.1 Å². The topological polar surface area (TPSA) is 101 Å². The molecule has 1 aliphatic rings. The molecule has 1 N–H and O–H groups in total. The van der Waals surface area contributed by atoms with Crippen molar-refractivity contribution in [3.63, 3.8) is 0 Å². The smallest absolute Gasteiger partial charge is 0.286 e. The highest BCUT2D eigenvalue weighted by Crippen LogP contribution is 2.33. The number of nitrogens with zero attached hydrogens (tertiary/aromatic N) is 6. The second-order valence-electron chi connectivity index (χ2n) is 6.67. The summed E-state index contributed by atoms with van der Waals surface area (Å²) in [4.78, 5) is 40.3. The normalized spacial score (nSPS) is 17.2. The standard InChI is InChI=1S/C18H17N7O2/c1-23-13-6-3-2-5-12(13)22-15(23)14-7-4-8-24(14)16(26)11-9-19-18-20-10-21-25(18)17(11)27/h2-3,5-6,9-10,14H,4,7-8H2,1H3,(H,19,20,21)/t14-/m0/s1. The Balaban J connectivity index is 1.57. The van der Waals surface area contributed by atoms with Gasteiger partial charge in [0.1, 0.15) is 17.7 Å². The number of H-pyrrole nitrogens is 1. The Kier molecular flexibility index (Phi) is 3.36. The Labute approximate surface area is 153 Å². The molecule has 1 atom stereocenters. The number of amides is 1. The molecule has 1 aromatic carbocycles. The minimum absolute atomic E-state index is 0.0300. The molecule has 136 valence electrons. The molecule has 0 saturated carbocycles. The Hall–Kier alpha value is -3.49. The highest BCUT2D eigenvalue weighted by molar-refractivity contribution is 5.94. The van der Waals surface area contributed by atoms with Crippen molar-refractivity contribution in [2.45, 2.75) is 18.9 Å². The lowest BCUT2D eigenvalue weighted by Gasteiger charge is -2.24. The summed E-state index contributed by atoms with van der Waals surface area (Å²) in [6.45, 7) is 0.581. The lowest BCUT2D eigenvalue weighted by atomic mass is 10.2. The van der Waals surface area contributed by atoms with E-state index in [-0.39, 0.29) is 23.3 Å². The molecule has 1 aliphatic heterocycles. The van der Waals surface area contributed by atoms with Crippen LogP contribution in [0.3, 0.4) is 0 Å². The summed E-state index contributed by atoms with van der Waals surface area (Å²) in [5.74, 6) is 0.744. The minimum Gasteiger partial charge on any atom is -0.329 e. The second kappa shape index (κ2) is 5.76. The van der Waals surface area contributed by atoms with Crippen molar-refractivity contribution in [1.29, 1.82) is 0 Å². The highest BCUT2D eigenvalue weighted by Gasteiger charge is 2.35. The molecule has 27 heavy (non-hydrogen) atoms. The highest BCUT2D eigenvalue weighted by atomic mass is 16.2. The maximum atomic E-state index is 13.1. The first kappa shape index (κ1) is 15.7. The van der Waals surface area contributed by atoms with Gasteiger partial charge >= 0.3 is 0 Å². The predicted octanol–water partition coefficient (Wildman–Crippen LogP) is 1.28. The van der Waals surface area contributed by atoms with Crippen molar-refractivity contribution in [2.75, 3.05) is 6.54 Å². The van der Waals surface area contributed by atoms with Crippen molar-refractivity contribution in [1.82, 2.24) is 34.0 Å². The van der Waals surface area contributed by atoms with Crippen molar-refractivity contribution in [3.8, 4) is 0 Å². The SMILES string of the molecule is Cn1c([C@@H]2CCCN2C(=O)c2cnc3nc[nH]n3c2=O)nc2ccccc21. The van der Waals surface area contributed by atoms with E-state index < -0.39 is 5.56 Å². The molecule has 0 radical (unpaired) electrons. The van der Waals surface area contributed by atoms with Crippen molar-refractivity contribution >= 4 is 22.7 Å². The van der Waals surface area contributed by atoms with Gasteiger partial charge in [-0.3, -0.25) is 14.7 Å². The number of hydrogen-bond acceptors (Lipinski definition) is 5. The Morgan fingerprint density at radius 2 is 2.11 bits per heavy atom. The van der Waals surface area contributed by atoms with Gasteiger partial charge in [-0.15, -0.1) is 0 Å².